The topological polar surface area (TPSA) is 66.9 Å². The molecule has 0 fully saturated rings. The van der Waals surface area contributed by atoms with Gasteiger partial charge in [-0.1, -0.05) is 99.6 Å². The van der Waals surface area contributed by atoms with Crippen molar-refractivity contribution in [3.8, 4) is 0 Å². The second-order valence-electron chi connectivity index (χ2n) is 12.4. The Morgan fingerprint density at radius 2 is 1.30 bits per heavy atom. The molecular weight excluding hydrogens is 565 g/mol. The number of nitrogens with zero attached hydrogens (tertiary/aromatic N) is 2. The number of hydrogen-bond acceptors (Lipinski definition) is 4. The van der Waals surface area contributed by atoms with E-state index in [-0.39, 0.29) is 24.0 Å². The number of rotatable bonds is 9. The fourth-order valence-corrected chi connectivity index (χ4v) is 8.74. The van der Waals surface area contributed by atoms with Gasteiger partial charge in [0.05, 0.1) is 17.2 Å². The van der Waals surface area contributed by atoms with Gasteiger partial charge in [0, 0.05) is 12.2 Å². The van der Waals surface area contributed by atoms with Crippen LogP contribution in [0.2, 0.25) is 0 Å². The third-order valence-electron chi connectivity index (χ3n) is 8.31. The van der Waals surface area contributed by atoms with Gasteiger partial charge in [-0.2, -0.15) is 0 Å². The van der Waals surface area contributed by atoms with Crippen LogP contribution in [0.4, 0.5) is 5.69 Å². The molecular formula is C37H40N2O4Si. The molecule has 5 rings (SSSR count). The normalized spacial score (nSPS) is 13.8. The SMILES string of the molecule is CCN(C(=O)CN1C(=O)c2ccccc2C1=O)c1ccc(C)c(C(O[SiH](c2ccccc2)c2ccccc2)C(C)(C)C)c1C. The van der Waals surface area contributed by atoms with Crippen LogP contribution in [0.3, 0.4) is 0 Å². The minimum Gasteiger partial charge on any atom is -0.403 e. The van der Waals surface area contributed by atoms with Gasteiger partial charge < -0.3 is 9.33 Å². The van der Waals surface area contributed by atoms with E-state index in [0.717, 1.165) is 27.3 Å². The van der Waals surface area contributed by atoms with Gasteiger partial charge in [-0.15, -0.1) is 0 Å². The maximum Gasteiger partial charge on any atom is 0.262 e. The minimum absolute atomic E-state index is 0.260. The number of carbonyl (C=O) groups is 3. The molecule has 0 saturated carbocycles. The van der Waals surface area contributed by atoms with Crippen molar-refractivity contribution in [2.75, 3.05) is 18.0 Å². The molecule has 4 aromatic carbocycles. The van der Waals surface area contributed by atoms with Gasteiger partial charge in [0.2, 0.25) is 14.9 Å². The Morgan fingerprint density at radius 3 is 1.77 bits per heavy atom. The molecule has 3 amide bonds. The lowest BCUT2D eigenvalue weighted by Gasteiger charge is -2.37. The zero-order valence-electron chi connectivity index (χ0n) is 26.3. The number of carbonyl (C=O) groups excluding carboxylic acids is 3. The lowest BCUT2D eigenvalue weighted by atomic mass is 9.81. The number of hydrogen-bond donors (Lipinski definition) is 0. The van der Waals surface area contributed by atoms with E-state index in [4.69, 9.17) is 4.43 Å². The number of amides is 3. The summed E-state index contributed by atoms with van der Waals surface area (Å²) in [7, 11) is -2.11. The Bertz CT molecular complexity index is 1610. The standard InChI is InChI=1S/C37H40N2O4Si/c1-7-38(32(40)24-39-35(41)29-20-14-15-21-30(29)36(39)42)31-23-22-25(2)33(26(31)3)34(37(4,5)6)43-44(27-16-10-8-11-17-27)28-18-12-9-13-19-28/h8-23,34,44H,7,24H2,1-6H3. The molecule has 7 heteroatoms. The van der Waals surface area contributed by atoms with E-state index in [9.17, 15) is 14.4 Å². The number of aryl methyl sites for hydroxylation is 1. The first-order valence-electron chi connectivity index (χ1n) is 15.1. The molecule has 44 heavy (non-hydrogen) atoms. The summed E-state index contributed by atoms with van der Waals surface area (Å²) < 4.78 is 7.27. The van der Waals surface area contributed by atoms with Crippen LogP contribution in [0.25, 0.3) is 0 Å². The molecule has 1 aliphatic rings. The largest absolute Gasteiger partial charge is 0.403 e. The number of fused-ring (bicyclic) bond motifs is 1. The molecule has 0 aliphatic carbocycles. The zero-order valence-corrected chi connectivity index (χ0v) is 27.5. The van der Waals surface area contributed by atoms with Crippen LogP contribution in [0.5, 0.6) is 0 Å². The molecule has 4 aromatic rings. The number of likely N-dealkylation sites (N-methyl/N-ethyl adjacent to an activating group) is 1. The summed E-state index contributed by atoms with van der Waals surface area (Å²) in [6.07, 6.45) is -0.260. The monoisotopic (exact) mass is 604 g/mol. The molecule has 1 unspecified atom stereocenters. The van der Waals surface area contributed by atoms with Crippen LogP contribution in [0.15, 0.2) is 97.1 Å². The van der Waals surface area contributed by atoms with Crippen molar-refractivity contribution >= 4 is 42.8 Å². The molecule has 1 aliphatic heterocycles. The van der Waals surface area contributed by atoms with Crippen LogP contribution in [0, 0.1) is 19.3 Å². The fourth-order valence-electron chi connectivity index (χ4n) is 6.08. The first kappa shape index (κ1) is 31.1. The van der Waals surface area contributed by atoms with Crippen LogP contribution in [-0.4, -0.2) is 44.8 Å². The van der Waals surface area contributed by atoms with Crippen molar-refractivity contribution in [1.29, 1.82) is 0 Å². The molecule has 1 heterocycles. The second kappa shape index (κ2) is 12.7. The molecule has 0 N–H and O–H groups in total. The first-order chi connectivity index (χ1) is 21.0. The lowest BCUT2D eigenvalue weighted by Crippen LogP contribution is -2.47. The highest BCUT2D eigenvalue weighted by atomic mass is 28.3. The molecule has 0 bridgehead atoms. The molecule has 6 nitrogen and oxygen atoms in total. The van der Waals surface area contributed by atoms with E-state index in [0.29, 0.717) is 17.7 Å². The van der Waals surface area contributed by atoms with E-state index in [1.165, 1.54) is 10.4 Å². The highest BCUT2D eigenvalue weighted by Gasteiger charge is 2.38. The van der Waals surface area contributed by atoms with E-state index in [1.807, 2.05) is 38.1 Å². The molecule has 0 spiro atoms. The number of benzene rings is 4. The zero-order chi connectivity index (χ0) is 31.6. The van der Waals surface area contributed by atoms with Gasteiger partial charge in [-0.3, -0.25) is 19.3 Å². The van der Waals surface area contributed by atoms with Crippen LogP contribution < -0.4 is 15.3 Å². The molecule has 0 radical (unpaired) electrons. The Balaban J connectivity index is 1.51. The van der Waals surface area contributed by atoms with Crippen molar-refractivity contribution < 1.29 is 18.8 Å². The summed E-state index contributed by atoms with van der Waals surface area (Å²) in [6.45, 7) is 12.7. The van der Waals surface area contributed by atoms with Crippen molar-refractivity contribution in [3.05, 3.63) is 125 Å². The quantitative estimate of drug-likeness (QED) is 0.185. The van der Waals surface area contributed by atoms with Gasteiger partial charge in [0.25, 0.3) is 11.8 Å². The maximum absolute atomic E-state index is 13.8. The summed E-state index contributed by atoms with van der Waals surface area (Å²) in [5.41, 5.74) is 4.27. The van der Waals surface area contributed by atoms with E-state index in [1.54, 1.807) is 29.2 Å². The van der Waals surface area contributed by atoms with Crippen molar-refractivity contribution in [2.24, 2.45) is 5.41 Å². The second-order valence-corrected chi connectivity index (χ2v) is 14.8. The van der Waals surface area contributed by atoms with Crippen molar-refractivity contribution in [3.63, 3.8) is 0 Å². The van der Waals surface area contributed by atoms with Gasteiger partial charge in [0.15, 0.2) is 0 Å². The fraction of sp³-hybridized carbons (Fsp3) is 0.270. The number of anilines is 1. The average Bonchev–Trinajstić information content (AvgIpc) is 3.25. The summed E-state index contributed by atoms with van der Waals surface area (Å²) in [6, 6.07) is 31.6. The Hall–Kier alpha value is -4.33. The highest BCUT2D eigenvalue weighted by Crippen LogP contribution is 2.42. The third kappa shape index (κ3) is 6.03. The molecule has 0 saturated heterocycles. The Morgan fingerprint density at radius 1 is 0.795 bits per heavy atom. The predicted octanol–water partition coefficient (Wildman–Crippen LogP) is 5.59. The summed E-state index contributed by atoms with van der Waals surface area (Å²) in [5, 5.41) is 2.40. The Labute approximate surface area is 262 Å². The summed E-state index contributed by atoms with van der Waals surface area (Å²) in [5.74, 6) is -1.18. The van der Waals surface area contributed by atoms with E-state index >= 15 is 0 Å². The van der Waals surface area contributed by atoms with E-state index < -0.39 is 20.9 Å². The number of imide groups is 1. The van der Waals surface area contributed by atoms with Gasteiger partial charge in [-0.05, 0) is 71.4 Å². The van der Waals surface area contributed by atoms with E-state index in [2.05, 4.69) is 76.2 Å². The predicted molar refractivity (Wildman–Crippen MR) is 178 cm³/mol. The van der Waals surface area contributed by atoms with Gasteiger partial charge >= 0.3 is 0 Å². The van der Waals surface area contributed by atoms with Crippen molar-refractivity contribution in [2.45, 2.75) is 47.6 Å². The van der Waals surface area contributed by atoms with Crippen LogP contribution in [-0.2, 0) is 9.22 Å². The maximum atomic E-state index is 13.8. The molecule has 0 aromatic heterocycles. The van der Waals surface area contributed by atoms with Crippen molar-refractivity contribution in [1.82, 2.24) is 4.90 Å². The summed E-state index contributed by atoms with van der Waals surface area (Å²) >= 11 is 0. The van der Waals surface area contributed by atoms with Gasteiger partial charge in [-0.25, -0.2) is 0 Å². The smallest absolute Gasteiger partial charge is 0.262 e. The Kier molecular flexibility index (Phi) is 8.99. The minimum atomic E-state index is -2.11. The van der Waals surface area contributed by atoms with Crippen LogP contribution >= 0.6 is 0 Å². The molecule has 1 atom stereocenters. The third-order valence-corrected chi connectivity index (χ3v) is 10.8. The van der Waals surface area contributed by atoms with Gasteiger partial charge in [0.1, 0.15) is 6.54 Å². The lowest BCUT2D eigenvalue weighted by molar-refractivity contribution is -0.118. The average molecular weight is 605 g/mol. The first-order valence-corrected chi connectivity index (χ1v) is 16.8. The van der Waals surface area contributed by atoms with Crippen LogP contribution in [0.1, 0.15) is 71.2 Å². The molecule has 226 valence electrons. The highest BCUT2D eigenvalue weighted by molar-refractivity contribution is 6.80. The summed E-state index contributed by atoms with van der Waals surface area (Å²) in [4.78, 5) is 42.5.